The van der Waals surface area contributed by atoms with Gasteiger partial charge in [-0.25, -0.2) is 4.79 Å². The van der Waals surface area contributed by atoms with Crippen molar-refractivity contribution in [3.63, 3.8) is 0 Å². The second-order valence-electron chi connectivity index (χ2n) is 6.67. The van der Waals surface area contributed by atoms with Crippen molar-refractivity contribution in [2.24, 2.45) is 0 Å². The lowest BCUT2D eigenvalue weighted by molar-refractivity contribution is 0.0522. The summed E-state index contributed by atoms with van der Waals surface area (Å²) in [7, 11) is 3.24. The summed E-state index contributed by atoms with van der Waals surface area (Å²) in [5, 5.41) is 6.28. The highest BCUT2D eigenvalue weighted by atomic mass is 16.6. The van der Waals surface area contributed by atoms with Crippen molar-refractivity contribution in [2.75, 3.05) is 14.2 Å². The maximum Gasteiger partial charge on any atom is 0.407 e. The molecule has 1 fully saturated rings. The highest BCUT2D eigenvalue weighted by molar-refractivity contribution is 5.68. The molecule has 1 aliphatic rings. The van der Waals surface area contributed by atoms with Crippen molar-refractivity contribution in [2.45, 2.75) is 51.4 Å². The zero-order valence-corrected chi connectivity index (χ0v) is 14.4. The molecule has 2 N–H and O–H groups in total. The number of ether oxygens (including phenoxy) is 3. The molecule has 0 saturated heterocycles. The fourth-order valence-electron chi connectivity index (χ4n) is 2.28. The molecule has 1 saturated carbocycles. The van der Waals surface area contributed by atoms with Gasteiger partial charge in [0.05, 0.1) is 14.2 Å². The number of methoxy groups -OCH3 is 2. The lowest BCUT2D eigenvalue weighted by Gasteiger charge is -2.19. The van der Waals surface area contributed by atoms with Gasteiger partial charge in [-0.15, -0.1) is 0 Å². The van der Waals surface area contributed by atoms with Crippen LogP contribution in [-0.4, -0.2) is 38.0 Å². The molecule has 1 aliphatic carbocycles. The Morgan fingerprint density at radius 3 is 2.48 bits per heavy atom. The fraction of sp³-hybridized carbons (Fsp3) is 0.588. The zero-order valence-electron chi connectivity index (χ0n) is 14.4. The average molecular weight is 322 g/mol. The average Bonchev–Trinajstić information content (AvgIpc) is 3.20. The van der Waals surface area contributed by atoms with Crippen LogP contribution < -0.4 is 20.1 Å². The third-order valence-electron chi connectivity index (χ3n) is 3.51. The largest absolute Gasteiger partial charge is 0.493 e. The zero-order chi connectivity index (χ0) is 17.0. The quantitative estimate of drug-likeness (QED) is 0.842. The monoisotopic (exact) mass is 322 g/mol. The molecular formula is C17H26N2O4. The van der Waals surface area contributed by atoms with Gasteiger partial charge in [0.25, 0.3) is 0 Å². The number of carbonyl (C=O) groups is 1. The van der Waals surface area contributed by atoms with Crippen LogP contribution in [0.3, 0.4) is 0 Å². The Hall–Kier alpha value is -1.95. The molecule has 6 heteroatoms. The van der Waals surface area contributed by atoms with Crippen molar-refractivity contribution in [1.29, 1.82) is 0 Å². The van der Waals surface area contributed by atoms with E-state index in [4.69, 9.17) is 14.2 Å². The van der Waals surface area contributed by atoms with Crippen LogP contribution in [0.1, 0.15) is 32.8 Å². The smallest absolute Gasteiger partial charge is 0.407 e. The molecule has 0 bridgehead atoms. The molecule has 0 spiro atoms. The number of benzene rings is 1. The molecular weight excluding hydrogens is 296 g/mol. The normalized spacial score (nSPS) is 19.9. The SMILES string of the molecule is COc1ccc(CNC2CC2NC(=O)OC(C)(C)C)cc1OC. The van der Waals surface area contributed by atoms with Gasteiger partial charge in [0.2, 0.25) is 0 Å². The van der Waals surface area contributed by atoms with E-state index in [1.165, 1.54) is 0 Å². The van der Waals surface area contributed by atoms with E-state index >= 15 is 0 Å². The molecule has 0 aromatic heterocycles. The number of rotatable bonds is 6. The number of hydrogen-bond acceptors (Lipinski definition) is 5. The van der Waals surface area contributed by atoms with Gasteiger partial charge in [0.1, 0.15) is 5.60 Å². The number of nitrogens with one attached hydrogen (secondary N) is 2. The molecule has 2 atom stereocenters. The first-order valence-electron chi connectivity index (χ1n) is 7.76. The summed E-state index contributed by atoms with van der Waals surface area (Å²) in [6.45, 7) is 6.27. The summed E-state index contributed by atoms with van der Waals surface area (Å²) >= 11 is 0. The Bertz CT molecular complexity index is 554. The fourth-order valence-corrected chi connectivity index (χ4v) is 2.28. The lowest BCUT2D eigenvalue weighted by atomic mass is 10.2. The first-order valence-corrected chi connectivity index (χ1v) is 7.76. The van der Waals surface area contributed by atoms with Crippen molar-refractivity contribution in [3.05, 3.63) is 23.8 Å². The summed E-state index contributed by atoms with van der Waals surface area (Å²) in [6, 6.07) is 6.23. The molecule has 128 valence electrons. The highest BCUT2D eigenvalue weighted by Crippen LogP contribution is 2.28. The van der Waals surface area contributed by atoms with E-state index in [1.54, 1.807) is 14.2 Å². The van der Waals surface area contributed by atoms with E-state index in [2.05, 4.69) is 10.6 Å². The minimum atomic E-state index is -0.471. The Balaban J connectivity index is 1.77. The third kappa shape index (κ3) is 5.32. The lowest BCUT2D eigenvalue weighted by Crippen LogP contribution is -2.36. The van der Waals surface area contributed by atoms with Crippen molar-refractivity contribution in [3.8, 4) is 11.5 Å². The Morgan fingerprint density at radius 2 is 1.87 bits per heavy atom. The van der Waals surface area contributed by atoms with Crippen LogP contribution in [-0.2, 0) is 11.3 Å². The molecule has 1 aromatic carbocycles. The Labute approximate surface area is 137 Å². The van der Waals surface area contributed by atoms with Crippen molar-refractivity contribution < 1.29 is 19.0 Å². The van der Waals surface area contributed by atoms with Gasteiger partial charge in [-0.2, -0.15) is 0 Å². The van der Waals surface area contributed by atoms with Crippen molar-refractivity contribution >= 4 is 6.09 Å². The number of hydrogen-bond donors (Lipinski definition) is 2. The molecule has 23 heavy (non-hydrogen) atoms. The van der Waals surface area contributed by atoms with Crippen molar-refractivity contribution in [1.82, 2.24) is 10.6 Å². The Kier molecular flexibility index (Phi) is 5.36. The number of carbonyl (C=O) groups excluding carboxylic acids is 1. The molecule has 0 heterocycles. The van der Waals surface area contributed by atoms with Gasteiger partial charge < -0.3 is 24.8 Å². The Morgan fingerprint density at radius 1 is 1.17 bits per heavy atom. The van der Waals surface area contributed by atoms with Crippen LogP contribution in [0.5, 0.6) is 11.5 Å². The van der Waals surface area contributed by atoms with Gasteiger partial charge in [0.15, 0.2) is 11.5 Å². The third-order valence-corrected chi connectivity index (χ3v) is 3.51. The molecule has 0 radical (unpaired) electrons. The van der Waals surface area contributed by atoms with Gasteiger partial charge in [-0.1, -0.05) is 6.07 Å². The standard InChI is InChI=1S/C17H26N2O4/c1-17(2,3)23-16(20)19-13-9-12(13)18-10-11-6-7-14(21-4)15(8-11)22-5/h6-8,12-13,18H,9-10H2,1-5H3,(H,19,20). The van der Waals surface area contributed by atoms with E-state index in [0.29, 0.717) is 18.0 Å². The minimum Gasteiger partial charge on any atom is -0.493 e. The maximum absolute atomic E-state index is 11.7. The predicted octanol–water partition coefficient (Wildman–Crippen LogP) is 2.46. The van der Waals surface area contributed by atoms with E-state index in [1.807, 2.05) is 39.0 Å². The molecule has 0 aliphatic heterocycles. The minimum absolute atomic E-state index is 0.130. The topological polar surface area (TPSA) is 68.8 Å². The molecule has 1 amide bonds. The second kappa shape index (κ2) is 7.08. The number of amides is 1. The van der Waals surface area contributed by atoms with Gasteiger partial charge in [0, 0.05) is 18.6 Å². The summed E-state index contributed by atoms with van der Waals surface area (Å²) in [5.74, 6) is 1.43. The maximum atomic E-state index is 11.7. The van der Waals surface area contributed by atoms with Crippen LogP contribution in [0.4, 0.5) is 4.79 Å². The molecule has 1 aromatic rings. The van der Waals surface area contributed by atoms with E-state index < -0.39 is 5.60 Å². The first-order chi connectivity index (χ1) is 10.8. The van der Waals surface area contributed by atoms with Crippen LogP contribution in [0.15, 0.2) is 18.2 Å². The van der Waals surface area contributed by atoms with E-state index in [9.17, 15) is 4.79 Å². The summed E-state index contributed by atoms with van der Waals surface area (Å²) in [5.41, 5.74) is 0.632. The summed E-state index contributed by atoms with van der Waals surface area (Å²) in [4.78, 5) is 11.7. The van der Waals surface area contributed by atoms with E-state index in [0.717, 1.165) is 12.0 Å². The van der Waals surface area contributed by atoms with E-state index in [-0.39, 0.29) is 18.2 Å². The number of alkyl carbamates (subject to hydrolysis) is 1. The molecule has 2 rings (SSSR count). The van der Waals surface area contributed by atoms with Crippen LogP contribution >= 0.6 is 0 Å². The predicted molar refractivity (Wildman–Crippen MR) is 87.9 cm³/mol. The first kappa shape index (κ1) is 17.4. The highest BCUT2D eigenvalue weighted by Gasteiger charge is 2.38. The van der Waals surface area contributed by atoms with Gasteiger partial charge in [-0.05, 0) is 44.9 Å². The summed E-state index contributed by atoms with van der Waals surface area (Å²) < 4.78 is 15.8. The second-order valence-corrected chi connectivity index (χ2v) is 6.67. The summed E-state index contributed by atoms with van der Waals surface area (Å²) in [6.07, 6.45) is 0.546. The van der Waals surface area contributed by atoms with Gasteiger partial charge >= 0.3 is 6.09 Å². The van der Waals surface area contributed by atoms with Crippen LogP contribution in [0.25, 0.3) is 0 Å². The molecule has 2 unspecified atom stereocenters. The van der Waals surface area contributed by atoms with Crippen LogP contribution in [0.2, 0.25) is 0 Å². The van der Waals surface area contributed by atoms with Crippen LogP contribution in [0, 0.1) is 0 Å². The molecule has 6 nitrogen and oxygen atoms in total. The van der Waals surface area contributed by atoms with Gasteiger partial charge in [-0.3, -0.25) is 0 Å².